The molecule has 1 aliphatic heterocycles. The molecule has 2 aliphatic rings. The summed E-state index contributed by atoms with van der Waals surface area (Å²) in [7, 11) is 0. The van der Waals surface area contributed by atoms with Gasteiger partial charge in [0.1, 0.15) is 6.10 Å². The topological polar surface area (TPSA) is 99.3 Å². The average Bonchev–Trinajstić information content (AvgIpc) is 3.16. The molecule has 8 heteroatoms. The van der Waals surface area contributed by atoms with Crippen molar-refractivity contribution in [3.05, 3.63) is 75.5 Å². The number of allylic oxidation sites excluding steroid dienone is 1. The lowest BCUT2D eigenvalue weighted by molar-refractivity contribution is -0.384. The first-order valence-corrected chi connectivity index (χ1v) is 10.9. The van der Waals surface area contributed by atoms with Gasteiger partial charge in [-0.25, -0.2) is 9.78 Å². The van der Waals surface area contributed by atoms with Crippen molar-refractivity contribution in [2.75, 3.05) is 5.32 Å². The fourth-order valence-electron chi connectivity index (χ4n) is 4.72. The molecule has 0 radical (unpaired) electrons. The quantitative estimate of drug-likeness (QED) is 0.349. The second-order valence-electron chi connectivity index (χ2n) is 8.37. The van der Waals surface area contributed by atoms with Gasteiger partial charge in [0.2, 0.25) is 5.95 Å². The number of benzene rings is 2. The molecular formula is C24H24N4O4. The van der Waals surface area contributed by atoms with Crippen LogP contribution in [0.25, 0.3) is 11.0 Å². The number of esters is 1. The summed E-state index contributed by atoms with van der Waals surface area (Å²) in [5.41, 5.74) is 3.62. The van der Waals surface area contributed by atoms with E-state index in [0.29, 0.717) is 17.2 Å². The third-order valence-corrected chi connectivity index (χ3v) is 6.30. The van der Waals surface area contributed by atoms with Gasteiger partial charge in [0.05, 0.1) is 27.6 Å². The number of fused-ring (bicyclic) bond motifs is 3. The highest BCUT2D eigenvalue weighted by atomic mass is 16.6. The van der Waals surface area contributed by atoms with E-state index < -0.39 is 11.0 Å². The number of nitrogens with one attached hydrogen (secondary N) is 1. The fourth-order valence-corrected chi connectivity index (χ4v) is 4.72. The van der Waals surface area contributed by atoms with Crippen molar-refractivity contribution in [1.29, 1.82) is 0 Å². The Morgan fingerprint density at radius 2 is 1.84 bits per heavy atom. The van der Waals surface area contributed by atoms with Crippen molar-refractivity contribution in [2.24, 2.45) is 0 Å². The van der Waals surface area contributed by atoms with Gasteiger partial charge in [0.15, 0.2) is 0 Å². The lowest BCUT2D eigenvalue weighted by Crippen LogP contribution is -2.31. The van der Waals surface area contributed by atoms with E-state index in [1.54, 1.807) is 12.1 Å². The number of aromatic nitrogens is 2. The maximum absolute atomic E-state index is 13.4. The average molecular weight is 432 g/mol. The molecule has 0 amide bonds. The number of ether oxygens (including phenoxy) is 1. The van der Waals surface area contributed by atoms with Gasteiger partial charge in [-0.2, -0.15) is 0 Å². The zero-order chi connectivity index (χ0) is 22.2. The predicted molar refractivity (Wildman–Crippen MR) is 120 cm³/mol. The van der Waals surface area contributed by atoms with Crippen LogP contribution in [0.15, 0.2) is 59.8 Å². The van der Waals surface area contributed by atoms with E-state index >= 15 is 0 Å². The molecular weight excluding hydrogens is 408 g/mol. The van der Waals surface area contributed by atoms with Crippen molar-refractivity contribution < 1.29 is 14.5 Å². The normalized spacial score (nSPS) is 18.8. The number of nitro groups is 1. The number of imidazole rings is 1. The molecule has 0 spiro atoms. The lowest BCUT2D eigenvalue weighted by atomic mass is 9.94. The molecule has 1 saturated carbocycles. The molecule has 32 heavy (non-hydrogen) atoms. The number of anilines is 1. The number of para-hydroxylation sites is 2. The van der Waals surface area contributed by atoms with E-state index in [-0.39, 0.29) is 17.8 Å². The summed E-state index contributed by atoms with van der Waals surface area (Å²) >= 11 is 0. The van der Waals surface area contributed by atoms with E-state index in [9.17, 15) is 14.9 Å². The number of carbonyl (C=O) groups is 1. The van der Waals surface area contributed by atoms with E-state index in [1.165, 1.54) is 18.6 Å². The molecule has 0 bridgehead atoms. The Morgan fingerprint density at radius 1 is 1.12 bits per heavy atom. The highest BCUT2D eigenvalue weighted by Gasteiger charge is 2.36. The summed E-state index contributed by atoms with van der Waals surface area (Å²) in [5, 5.41) is 14.4. The Labute approximate surface area is 185 Å². The molecule has 164 valence electrons. The number of carbonyl (C=O) groups excluding carboxylic acids is 1. The minimum absolute atomic E-state index is 0.00503. The number of rotatable bonds is 4. The van der Waals surface area contributed by atoms with Crippen LogP contribution in [0.2, 0.25) is 0 Å². The largest absolute Gasteiger partial charge is 0.459 e. The summed E-state index contributed by atoms with van der Waals surface area (Å²) in [6.07, 6.45) is 5.00. The van der Waals surface area contributed by atoms with Gasteiger partial charge in [0.25, 0.3) is 5.69 Å². The second kappa shape index (κ2) is 8.11. The third-order valence-electron chi connectivity index (χ3n) is 6.30. The first kappa shape index (κ1) is 20.2. The SMILES string of the molecule is CC1=C(C(=O)OC2CCCCC2)[C@H](c2ccc([N+](=O)[O-])cc2)n2c(nc3ccccc32)N1. The van der Waals surface area contributed by atoms with Crippen LogP contribution in [0.4, 0.5) is 11.6 Å². The van der Waals surface area contributed by atoms with Crippen LogP contribution >= 0.6 is 0 Å². The van der Waals surface area contributed by atoms with Crippen LogP contribution in [0, 0.1) is 10.1 Å². The third kappa shape index (κ3) is 3.51. The highest BCUT2D eigenvalue weighted by Crippen LogP contribution is 2.40. The Hall–Kier alpha value is -3.68. The van der Waals surface area contributed by atoms with Gasteiger partial charge in [0, 0.05) is 17.8 Å². The first-order valence-electron chi connectivity index (χ1n) is 10.9. The molecule has 2 aromatic carbocycles. The Kier molecular flexibility index (Phi) is 5.13. The second-order valence-corrected chi connectivity index (χ2v) is 8.37. The molecule has 1 N–H and O–H groups in total. The standard InChI is InChI=1S/C24H24N4O4/c1-15-21(23(29)32-18-7-3-2-4-8-18)22(16-11-13-17(14-12-16)28(30)31)27-20-10-6-5-9-19(20)26-24(27)25-15/h5-6,9-14,18,22H,2-4,7-8H2,1H3,(H,25,26)/t22-/m0/s1. The van der Waals surface area contributed by atoms with Crippen molar-refractivity contribution in [3.8, 4) is 0 Å². The van der Waals surface area contributed by atoms with Gasteiger partial charge in [-0.05, 0) is 62.4 Å². The summed E-state index contributed by atoms with van der Waals surface area (Å²) in [6, 6.07) is 13.6. The zero-order valence-corrected chi connectivity index (χ0v) is 17.8. The van der Waals surface area contributed by atoms with Gasteiger partial charge < -0.3 is 10.1 Å². The van der Waals surface area contributed by atoms with Crippen molar-refractivity contribution in [2.45, 2.75) is 51.2 Å². The molecule has 0 saturated heterocycles. The molecule has 0 unspecified atom stereocenters. The van der Waals surface area contributed by atoms with E-state index in [4.69, 9.17) is 9.72 Å². The number of non-ortho nitro benzene ring substituents is 1. The maximum atomic E-state index is 13.4. The van der Waals surface area contributed by atoms with Crippen LogP contribution in [0.1, 0.15) is 50.6 Å². The maximum Gasteiger partial charge on any atom is 0.338 e. The minimum atomic E-state index is -0.504. The molecule has 3 aromatic rings. The summed E-state index contributed by atoms with van der Waals surface area (Å²) in [5.74, 6) is 0.273. The van der Waals surface area contributed by atoms with Crippen LogP contribution < -0.4 is 5.32 Å². The van der Waals surface area contributed by atoms with Crippen LogP contribution in [0.3, 0.4) is 0 Å². The van der Waals surface area contributed by atoms with Crippen LogP contribution in [0.5, 0.6) is 0 Å². The van der Waals surface area contributed by atoms with E-state index in [2.05, 4.69) is 5.32 Å². The molecule has 1 atom stereocenters. The molecule has 8 nitrogen and oxygen atoms in total. The fraction of sp³-hybridized carbons (Fsp3) is 0.333. The molecule has 1 aromatic heterocycles. The highest BCUT2D eigenvalue weighted by molar-refractivity contribution is 5.94. The summed E-state index contributed by atoms with van der Waals surface area (Å²) in [6.45, 7) is 1.85. The predicted octanol–water partition coefficient (Wildman–Crippen LogP) is 5.11. The monoisotopic (exact) mass is 432 g/mol. The number of nitro benzene ring substituents is 1. The van der Waals surface area contributed by atoms with Gasteiger partial charge >= 0.3 is 5.97 Å². The Balaban J connectivity index is 1.61. The van der Waals surface area contributed by atoms with Gasteiger partial charge in [-0.15, -0.1) is 0 Å². The Bertz CT molecular complexity index is 1220. The van der Waals surface area contributed by atoms with Crippen molar-refractivity contribution in [1.82, 2.24) is 9.55 Å². The number of hydrogen-bond acceptors (Lipinski definition) is 6. The minimum Gasteiger partial charge on any atom is -0.459 e. The summed E-state index contributed by atoms with van der Waals surface area (Å²) in [4.78, 5) is 28.9. The van der Waals surface area contributed by atoms with Crippen molar-refractivity contribution in [3.63, 3.8) is 0 Å². The van der Waals surface area contributed by atoms with Gasteiger partial charge in [-0.1, -0.05) is 18.6 Å². The van der Waals surface area contributed by atoms with Crippen molar-refractivity contribution >= 4 is 28.6 Å². The van der Waals surface area contributed by atoms with Crippen LogP contribution in [-0.4, -0.2) is 26.5 Å². The van der Waals surface area contributed by atoms with Gasteiger partial charge in [-0.3, -0.25) is 14.7 Å². The Morgan fingerprint density at radius 3 is 2.56 bits per heavy atom. The number of nitrogens with zero attached hydrogens (tertiary/aromatic N) is 3. The van der Waals surface area contributed by atoms with E-state index in [1.807, 2.05) is 35.8 Å². The lowest BCUT2D eigenvalue weighted by Gasteiger charge is -2.31. The summed E-state index contributed by atoms with van der Waals surface area (Å²) < 4.78 is 7.91. The molecule has 1 aliphatic carbocycles. The molecule has 5 rings (SSSR count). The van der Waals surface area contributed by atoms with Crippen LogP contribution in [-0.2, 0) is 9.53 Å². The number of hydrogen-bond donors (Lipinski definition) is 1. The zero-order valence-electron chi connectivity index (χ0n) is 17.8. The molecule has 2 heterocycles. The first-order chi connectivity index (χ1) is 15.5. The molecule has 1 fully saturated rings. The van der Waals surface area contributed by atoms with E-state index in [0.717, 1.165) is 42.3 Å². The smallest absolute Gasteiger partial charge is 0.338 e.